The molecule has 19 N–H and O–H groups in total. The fourth-order valence-corrected chi connectivity index (χ4v) is 0. The van der Waals surface area contributed by atoms with Crippen molar-refractivity contribution in [2.24, 2.45) is 0 Å². The second-order valence-electron chi connectivity index (χ2n) is 0. The lowest BCUT2D eigenvalue weighted by atomic mass is 14.0. The van der Waals surface area contributed by atoms with Crippen molar-refractivity contribution >= 4 is 0 Å². The molecule has 0 aliphatic heterocycles. The smallest absolute Gasteiger partial charge is 0.344 e. The molecule has 0 aromatic rings. The Labute approximate surface area is 80.7 Å². The van der Waals surface area contributed by atoms with Crippen LogP contribution in [0, 0.1) is 0 Å². The molecule has 0 unspecified atom stereocenters. The van der Waals surface area contributed by atoms with E-state index in [0.717, 1.165) is 0 Å². The Kier molecular flexibility index (Phi) is 59400. The van der Waals surface area contributed by atoms with Crippen LogP contribution >= 0.6 is 0 Å². The van der Waals surface area contributed by atoms with Gasteiger partial charge in [-0.25, -0.2) is 0 Å². The van der Waals surface area contributed by atoms with Crippen molar-refractivity contribution in [3.63, 3.8) is 0 Å². The molecule has 0 saturated heterocycles. The van der Waals surface area contributed by atoms with E-state index in [1.807, 2.05) is 0 Å². The molecule has 0 atom stereocenters. The molecule has 0 spiro atoms. The minimum Gasteiger partial charge on any atom is -1.00 e. The summed E-state index contributed by atoms with van der Waals surface area (Å²) in [6.45, 7) is 0. The van der Waals surface area contributed by atoms with Gasteiger partial charge >= 0.3 is 0 Å². The van der Waals surface area contributed by atoms with Crippen LogP contribution in [0.25, 0.3) is 0 Å². The molecule has 72 valence electrons. The van der Waals surface area contributed by atoms with E-state index in [0.29, 0.717) is 0 Å². The maximum Gasteiger partial charge on any atom is -0.344 e. The maximum atomic E-state index is 0. The maximum absolute atomic E-state index is 0. The van der Waals surface area contributed by atoms with Crippen LogP contribution in [0.5, 0.6) is 0 Å². The van der Waals surface area contributed by atoms with Crippen LogP contribution in [0.15, 0.2) is 0 Å². The summed E-state index contributed by atoms with van der Waals surface area (Å²) in [5, 5.41) is 0. The molecule has 0 bridgehead atoms. The van der Waals surface area contributed by atoms with Gasteiger partial charge in [0.2, 0.25) is 0 Å². The second-order valence-corrected chi connectivity index (χ2v) is 0. The minimum atomic E-state index is 0. The SMILES string of the molecule is N.[Cl-].[Cl-].[Cl-].[Cl-].[NH4+].[NH4+].[NH4+].[NH4+]. The molecular weight excluding hydrogens is 212 g/mol. The van der Waals surface area contributed by atoms with Crippen LogP contribution < -0.4 is 80.4 Å². The quantitative estimate of drug-likeness (QED) is 0.273. The monoisotopic (exact) mass is 229 g/mol. The Bertz CT molecular complexity index is 8.92. The Morgan fingerprint density at radius 1 is 0.333 bits per heavy atom. The predicted octanol–water partition coefficient (Wildman–Crippen LogP) is -10.3. The van der Waals surface area contributed by atoms with E-state index in [2.05, 4.69) is 0 Å². The summed E-state index contributed by atoms with van der Waals surface area (Å²) in [4.78, 5) is 0. The third kappa shape index (κ3) is 471. The molecule has 0 aromatic carbocycles. The molecule has 0 radical (unpaired) electrons. The Morgan fingerprint density at radius 2 is 0.333 bits per heavy atom. The lowest BCUT2D eigenvalue weighted by molar-refractivity contribution is -0.00100. The van der Waals surface area contributed by atoms with Crippen LogP contribution in [0.1, 0.15) is 0 Å². The second kappa shape index (κ2) is 616. The van der Waals surface area contributed by atoms with Crippen molar-refractivity contribution < 1.29 is 49.6 Å². The molecule has 9 heavy (non-hydrogen) atoms. The van der Waals surface area contributed by atoms with Crippen LogP contribution in [0.3, 0.4) is 0 Å². The fourth-order valence-electron chi connectivity index (χ4n) is 0. The minimum absolute atomic E-state index is 0. The molecule has 5 nitrogen and oxygen atoms in total. The van der Waals surface area contributed by atoms with Crippen LogP contribution in [-0.2, 0) is 0 Å². The topological polar surface area (TPSA) is 181 Å². The first-order valence-electron chi connectivity index (χ1n) is 0. The zero-order chi connectivity index (χ0) is 0. The molecule has 0 aliphatic carbocycles. The molecule has 0 rings (SSSR count). The van der Waals surface area contributed by atoms with E-state index in [1.165, 1.54) is 0 Å². The first kappa shape index (κ1) is 868. The average Bonchev–Trinajstić information content (AvgIpc) is 0. The van der Waals surface area contributed by atoms with Gasteiger partial charge in [-0.1, -0.05) is 0 Å². The van der Waals surface area contributed by atoms with Crippen molar-refractivity contribution in [2.75, 3.05) is 0 Å². The van der Waals surface area contributed by atoms with E-state index >= 15 is 0 Å². The van der Waals surface area contributed by atoms with Gasteiger partial charge in [-0.15, -0.1) is 0 Å². The lowest BCUT2D eigenvalue weighted by Crippen LogP contribution is -3.00. The number of hydrogen-bond acceptors (Lipinski definition) is 1. The van der Waals surface area contributed by atoms with Gasteiger partial charge in [0, 0.05) is 0 Å². The molecule has 0 saturated carbocycles. The molecule has 0 heterocycles. The third-order valence-corrected chi connectivity index (χ3v) is 0. The molecule has 9 heteroatoms. The van der Waals surface area contributed by atoms with Gasteiger partial charge in [0.25, 0.3) is 0 Å². The van der Waals surface area contributed by atoms with Gasteiger partial charge < -0.3 is 80.4 Å². The van der Waals surface area contributed by atoms with Gasteiger partial charge in [-0.05, 0) is 0 Å². The lowest BCUT2D eigenvalue weighted by Gasteiger charge is -1.00. The van der Waals surface area contributed by atoms with Crippen molar-refractivity contribution in [1.82, 2.24) is 30.8 Å². The summed E-state index contributed by atoms with van der Waals surface area (Å²) in [5.41, 5.74) is 0. The summed E-state index contributed by atoms with van der Waals surface area (Å²) in [5.74, 6) is 0. The van der Waals surface area contributed by atoms with E-state index in [-0.39, 0.29) is 80.4 Å². The number of hydrogen-bond donors (Lipinski definition) is 5. The van der Waals surface area contributed by atoms with Gasteiger partial charge in [0.05, 0.1) is 0 Å². The summed E-state index contributed by atoms with van der Waals surface area (Å²) >= 11 is 0. The fraction of sp³-hybridized carbons (Fsp3) is 0. The van der Waals surface area contributed by atoms with Crippen molar-refractivity contribution in [3.8, 4) is 0 Å². The Hall–Kier alpha value is 0.960. The number of quaternary nitrogens is 4. The van der Waals surface area contributed by atoms with E-state index in [4.69, 9.17) is 0 Å². The summed E-state index contributed by atoms with van der Waals surface area (Å²) in [6, 6.07) is 0. The van der Waals surface area contributed by atoms with Crippen LogP contribution in [0.4, 0.5) is 0 Å². The highest BCUT2D eigenvalue weighted by Crippen LogP contribution is -0.477. The molecule has 0 aromatic heterocycles. The summed E-state index contributed by atoms with van der Waals surface area (Å²) < 4.78 is 0. The predicted molar refractivity (Wildman–Crippen MR) is 29.0 cm³/mol. The Morgan fingerprint density at radius 3 is 0.333 bits per heavy atom. The highest BCUT2D eigenvalue weighted by Gasteiger charge is -0.344. The third-order valence-electron chi connectivity index (χ3n) is 0. The average molecular weight is 231 g/mol. The molecule has 0 amide bonds. The number of rotatable bonds is 0. The summed E-state index contributed by atoms with van der Waals surface area (Å²) in [7, 11) is 0. The van der Waals surface area contributed by atoms with Crippen molar-refractivity contribution in [2.45, 2.75) is 0 Å². The molecular formula is H19Cl4N5. The van der Waals surface area contributed by atoms with E-state index in [9.17, 15) is 0 Å². The first-order valence-corrected chi connectivity index (χ1v) is 0. The first-order chi connectivity index (χ1) is 0. The van der Waals surface area contributed by atoms with Crippen molar-refractivity contribution in [1.29, 1.82) is 0 Å². The normalized spacial score (nSPS) is 0. The molecule has 0 fully saturated rings. The van der Waals surface area contributed by atoms with Gasteiger partial charge in [0.15, 0.2) is 0 Å². The zero-order valence-corrected chi connectivity index (χ0v) is 9.24. The zero-order valence-electron chi connectivity index (χ0n) is 6.22. The number of halogens is 4. The highest BCUT2D eigenvalue weighted by molar-refractivity contribution is 2.14. The van der Waals surface area contributed by atoms with Crippen LogP contribution in [0.2, 0.25) is 0 Å². The Balaban J connectivity index is 0. The highest BCUT2D eigenvalue weighted by atomic mass is 35.5. The summed E-state index contributed by atoms with van der Waals surface area (Å²) in [6.07, 6.45) is 0. The standard InChI is InChI=1S/4ClH.5H3N/h4*1H;5*1H3. The van der Waals surface area contributed by atoms with Crippen LogP contribution in [-0.4, -0.2) is 0 Å². The van der Waals surface area contributed by atoms with Gasteiger partial charge in [0.1, 0.15) is 0 Å². The van der Waals surface area contributed by atoms with Gasteiger partial charge in [-0.3, -0.25) is 0 Å². The largest absolute Gasteiger partial charge is 1.00 e. The van der Waals surface area contributed by atoms with Crippen molar-refractivity contribution in [3.05, 3.63) is 0 Å². The van der Waals surface area contributed by atoms with E-state index < -0.39 is 0 Å². The van der Waals surface area contributed by atoms with E-state index in [1.54, 1.807) is 0 Å². The van der Waals surface area contributed by atoms with Gasteiger partial charge in [-0.2, -0.15) is 0 Å². The molecule has 0 aliphatic rings.